The number of halogens is 4. The molecule has 3 N–H and O–H groups in total. The van der Waals surface area contributed by atoms with Crippen molar-refractivity contribution in [3.63, 3.8) is 0 Å². The number of rotatable bonds is 4. The van der Waals surface area contributed by atoms with Crippen LogP contribution in [0.25, 0.3) is 16.6 Å². The highest BCUT2D eigenvalue weighted by Crippen LogP contribution is 2.39. The number of ether oxygens (including phenoxy) is 1. The summed E-state index contributed by atoms with van der Waals surface area (Å²) in [6.07, 6.45) is 0.942. The zero-order valence-corrected chi connectivity index (χ0v) is 19.1. The third kappa shape index (κ3) is 4.54. The fourth-order valence-electron chi connectivity index (χ4n) is 3.95. The van der Waals surface area contributed by atoms with Crippen LogP contribution in [-0.2, 0) is 0 Å². The summed E-state index contributed by atoms with van der Waals surface area (Å²) in [5, 5.41) is 9.19. The molecular weight excluding hydrogens is 479 g/mol. The molecule has 1 saturated heterocycles. The lowest BCUT2D eigenvalue weighted by molar-refractivity contribution is 0.0695. The second kappa shape index (κ2) is 10.3. The van der Waals surface area contributed by atoms with E-state index in [0.29, 0.717) is 32.2 Å². The van der Waals surface area contributed by atoms with Crippen molar-refractivity contribution in [2.24, 2.45) is 0 Å². The van der Waals surface area contributed by atoms with Crippen molar-refractivity contribution >= 4 is 35.0 Å². The lowest BCUT2D eigenvalue weighted by Crippen LogP contribution is -2.45. The molecule has 0 bridgehead atoms. The highest BCUT2D eigenvalue weighted by molar-refractivity contribution is 5.97. The van der Waals surface area contributed by atoms with Crippen molar-refractivity contribution in [3.05, 3.63) is 63.7 Å². The number of piperazine rings is 1. The summed E-state index contributed by atoms with van der Waals surface area (Å²) in [7, 11) is 3.22. The second-order valence-electron chi connectivity index (χ2n) is 7.57. The third-order valence-electron chi connectivity index (χ3n) is 5.59. The zero-order valence-electron chi connectivity index (χ0n) is 18.3. The number of anilines is 1. The largest absolute Gasteiger partial charge is 0.492 e. The van der Waals surface area contributed by atoms with Gasteiger partial charge in [0.05, 0.1) is 18.2 Å². The van der Waals surface area contributed by atoms with Crippen LogP contribution in [0.5, 0.6) is 5.75 Å². The first-order valence-corrected chi connectivity index (χ1v) is 9.81. The first-order valence-electron chi connectivity index (χ1n) is 9.81. The Bertz CT molecular complexity index is 1290. The van der Waals surface area contributed by atoms with E-state index in [4.69, 9.17) is 4.74 Å². The van der Waals surface area contributed by atoms with Crippen LogP contribution in [0.2, 0.25) is 0 Å². The fourth-order valence-corrected chi connectivity index (χ4v) is 3.95. The molecular formula is C22H23ClF3N3O5. The summed E-state index contributed by atoms with van der Waals surface area (Å²) >= 11 is 0. The number of nitrogens with zero attached hydrogens (tertiary/aromatic N) is 3. The van der Waals surface area contributed by atoms with Gasteiger partial charge in [0.15, 0.2) is 11.6 Å². The van der Waals surface area contributed by atoms with Crippen molar-refractivity contribution in [1.29, 1.82) is 0 Å². The zero-order chi connectivity index (χ0) is 23.2. The second-order valence-corrected chi connectivity index (χ2v) is 7.57. The lowest BCUT2D eigenvalue weighted by Gasteiger charge is -2.35. The predicted octanol–water partition coefficient (Wildman–Crippen LogP) is 2.46. The van der Waals surface area contributed by atoms with Gasteiger partial charge < -0.3 is 29.7 Å². The van der Waals surface area contributed by atoms with E-state index in [-0.39, 0.29) is 45.9 Å². The monoisotopic (exact) mass is 501 g/mol. The summed E-state index contributed by atoms with van der Waals surface area (Å²) in [6, 6.07) is 3.69. The number of hydrogen-bond acceptors (Lipinski definition) is 5. The number of carboxylic acid groups (broad SMARTS) is 1. The average molecular weight is 502 g/mol. The molecule has 0 saturated carbocycles. The van der Waals surface area contributed by atoms with Crippen LogP contribution in [0.4, 0.5) is 18.9 Å². The van der Waals surface area contributed by atoms with Gasteiger partial charge in [-0.15, -0.1) is 12.4 Å². The molecule has 0 spiro atoms. The van der Waals surface area contributed by atoms with Gasteiger partial charge >= 0.3 is 5.97 Å². The van der Waals surface area contributed by atoms with Gasteiger partial charge in [-0.25, -0.2) is 18.0 Å². The van der Waals surface area contributed by atoms with Crippen LogP contribution in [-0.4, -0.2) is 66.4 Å². The number of carbonyl (C=O) groups is 1. The maximum absolute atomic E-state index is 15.3. The fraction of sp³-hybridized carbons (Fsp3) is 0.273. The van der Waals surface area contributed by atoms with Crippen LogP contribution < -0.4 is 15.1 Å². The number of hydrogen-bond donors (Lipinski definition) is 1. The number of methoxy groups -OCH3 is 1. The standard InChI is InChI=1S/C22H20F3N3O4.ClH.H2O/c1-26-5-7-27(8-6-26)19-16(25)10-13-18(21(19)32-2)28(11-14(20(13)29)22(30)31)17-4-3-12(23)9-15(17)24;;/h3-4,9-11H,5-8H2,1-2H3,(H,30,31);1H;1H2. The molecule has 3 aromatic rings. The summed E-state index contributed by atoms with van der Waals surface area (Å²) in [6.45, 7) is 2.30. The summed E-state index contributed by atoms with van der Waals surface area (Å²) in [5.41, 5.74) is -1.76. The van der Waals surface area contributed by atoms with E-state index in [2.05, 4.69) is 4.90 Å². The third-order valence-corrected chi connectivity index (χ3v) is 5.59. The van der Waals surface area contributed by atoms with E-state index in [1.165, 1.54) is 7.11 Å². The maximum atomic E-state index is 15.3. The van der Waals surface area contributed by atoms with Crippen molar-refractivity contribution < 1.29 is 33.3 Å². The molecule has 12 heteroatoms. The number of carboxylic acids is 1. The average Bonchev–Trinajstić information content (AvgIpc) is 2.74. The molecule has 8 nitrogen and oxygen atoms in total. The minimum absolute atomic E-state index is 0. The Morgan fingerprint density at radius 3 is 2.26 bits per heavy atom. The number of aromatic carboxylic acids is 1. The molecule has 0 radical (unpaired) electrons. The molecule has 1 aliphatic heterocycles. The number of likely N-dealkylation sites (N-methyl/N-ethyl adjacent to an activating group) is 1. The lowest BCUT2D eigenvalue weighted by atomic mass is 10.1. The normalized spacial score (nSPS) is 13.9. The van der Waals surface area contributed by atoms with E-state index in [1.807, 2.05) is 7.05 Å². The molecule has 0 atom stereocenters. The van der Waals surface area contributed by atoms with Crippen molar-refractivity contribution in [3.8, 4) is 11.4 Å². The summed E-state index contributed by atoms with van der Waals surface area (Å²) in [5.74, 6) is -4.17. The smallest absolute Gasteiger partial charge is 0.341 e. The van der Waals surface area contributed by atoms with E-state index in [0.717, 1.165) is 29.0 Å². The van der Waals surface area contributed by atoms with Crippen molar-refractivity contribution in [2.45, 2.75) is 0 Å². The van der Waals surface area contributed by atoms with Crippen LogP contribution in [0.1, 0.15) is 10.4 Å². The van der Waals surface area contributed by atoms with Gasteiger partial charge in [0.2, 0.25) is 5.43 Å². The molecule has 184 valence electrons. The molecule has 0 aliphatic carbocycles. The Balaban J connectivity index is 0.00000204. The van der Waals surface area contributed by atoms with Crippen LogP contribution in [0, 0.1) is 17.5 Å². The first kappa shape index (κ1) is 27.0. The number of fused-ring (bicyclic) bond motifs is 1. The molecule has 34 heavy (non-hydrogen) atoms. The molecule has 2 aromatic carbocycles. The minimum Gasteiger partial charge on any atom is -0.492 e. The Hall–Kier alpha value is -3.28. The van der Waals surface area contributed by atoms with Crippen molar-refractivity contribution in [1.82, 2.24) is 9.47 Å². The van der Waals surface area contributed by atoms with Gasteiger partial charge in [0.1, 0.15) is 28.4 Å². The Kier molecular flexibility index (Phi) is 8.19. The van der Waals surface area contributed by atoms with Gasteiger partial charge in [-0.3, -0.25) is 4.79 Å². The van der Waals surface area contributed by atoms with Crippen LogP contribution in [0.3, 0.4) is 0 Å². The van der Waals surface area contributed by atoms with E-state index in [9.17, 15) is 23.5 Å². The number of benzene rings is 2. The first-order chi connectivity index (χ1) is 15.2. The highest BCUT2D eigenvalue weighted by Gasteiger charge is 2.28. The molecule has 4 rings (SSSR count). The summed E-state index contributed by atoms with van der Waals surface area (Å²) in [4.78, 5) is 28.4. The van der Waals surface area contributed by atoms with Gasteiger partial charge in [-0.1, -0.05) is 0 Å². The van der Waals surface area contributed by atoms with Crippen molar-refractivity contribution in [2.75, 3.05) is 45.2 Å². The number of pyridine rings is 1. The predicted molar refractivity (Wildman–Crippen MR) is 124 cm³/mol. The Labute approximate surface area is 198 Å². The molecule has 1 aromatic heterocycles. The van der Waals surface area contributed by atoms with Gasteiger partial charge in [-0.05, 0) is 25.2 Å². The topological polar surface area (TPSA) is 107 Å². The molecule has 2 heterocycles. The molecule has 1 aliphatic rings. The Morgan fingerprint density at radius 2 is 1.71 bits per heavy atom. The summed E-state index contributed by atoms with van der Waals surface area (Å²) < 4.78 is 50.1. The quantitative estimate of drug-likeness (QED) is 0.588. The SMILES string of the molecule is COc1c(N2CCN(C)CC2)c(F)cc2c(=O)c(C(=O)O)cn(-c3ccc(F)cc3F)c12.Cl.O. The minimum atomic E-state index is -1.56. The van der Waals surface area contributed by atoms with E-state index >= 15 is 4.39 Å². The van der Waals surface area contributed by atoms with Crippen LogP contribution in [0.15, 0.2) is 35.3 Å². The van der Waals surface area contributed by atoms with E-state index in [1.54, 1.807) is 4.90 Å². The van der Waals surface area contributed by atoms with Gasteiger partial charge in [-0.2, -0.15) is 0 Å². The van der Waals surface area contributed by atoms with Gasteiger partial charge in [0.25, 0.3) is 0 Å². The van der Waals surface area contributed by atoms with E-state index < -0.39 is 34.4 Å². The molecule has 0 unspecified atom stereocenters. The maximum Gasteiger partial charge on any atom is 0.341 e. The Morgan fingerprint density at radius 1 is 1.06 bits per heavy atom. The number of aromatic nitrogens is 1. The van der Waals surface area contributed by atoms with Crippen LogP contribution >= 0.6 is 12.4 Å². The molecule has 0 amide bonds. The highest BCUT2D eigenvalue weighted by atomic mass is 35.5. The molecule has 1 fully saturated rings. The van der Waals surface area contributed by atoms with Gasteiger partial charge in [0, 0.05) is 38.4 Å².